The number of aromatic nitrogens is 3. The Morgan fingerprint density at radius 3 is 2.86 bits per heavy atom. The zero-order valence-corrected chi connectivity index (χ0v) is 7.50. The molecule has 0 amide bonds. The lowest BCUT2D eigenvalue weighted by Gasteiger charge is -2.02. The Balaban J connectivity index is 2.28. The maximum Gasteiger partial charge on any atom is 0.253 e. The van der Waals surface area contributed by atoms with Crippen molar-refractivity contribution in [3.05, 3.63) is 59.0 Å². The van der Waals surface area contributed by atoms with Gasteiger partial charge in [0.2, 0.25) is 0 Å². The zero-order chi connectivity index (χ0) is 9.80. The predicted molar refractivity (Wildman–Crippen MR) is 51.8 cm³/mol. The van der Waals surface area contributed by atoms with Crippen LogP contribution in [-0.4, -0.2) is 14.5 Å². The minimum Gasteiger partial charge on any atom is -0.293 e. The standard InChI is InChI=1S/C10H9N3O/c14-10-4-6-11-8-13(10)7-9-3-1-2-5-12-9/h1-6,8H,7H2. The smallest absolute Gasteiger partial charge is 0.253 e. The average Bonchev–Trinajstić information content (AvgIpc) is 2.23. The fourth-order valence-electron chi connectivity index (χ4n) is 1.16. The van der Waals surface area contributed by atoms with Gasteiger partial charge in [-0.3, -0.25) is 14.3 Å². The SMILES string of the molecule is O=c1ccncn1Cc1ccccn1. The number of rotatable bonds is 2. The molecule has 0 aliphatic heterocycles. The Hall–Kier alpha value is -1.97. The number of hydrogen-bond donors (Lipinski definition) is 0. The molecule has 4 nitrogen and oxygen atoms in total. The van der Waals surface area contributed by atoms with E-state index >= 15 is 0 Å². The topological polar surface area (TPSA) is 47.8 Å². The van der Waals surface area contributed by atoms with Crippen LogP contribution in [0.1, 0.15) is 5.69 Å². The van der Waals surface area contributed by atoms with E-state index in [4.69, 9.17) is 0 Å². The van der Waals surface area contributed by atoms with Crippen molar-refractivity contribution >= 4 is 0 Å². The molecule has 0 saturated heterocycles. The first-order chi connectivity index (χ1) is 6.86. The fraction of sp³-hybridized carbons (Fsp3) is 0.100. The summed E-state index contributed by atoms with van der Waals surface area (Å²) in [6.45, 7) is 0.466. The highest BCUT2D eigenvalue weighted by atomic mass is 16.1. The highest BCUT2D eigenvalue weighted by Crippen LogP contribution is 1.94. The summed E-state index contributed by atoms with van der Waals surface area (Å²) in [5.74, 6) is 0. The molecule has 0 N–H and O–H groups in total. The van der Waals surface area contributed by atoms with Crippen LogP contribution in [-0.2, 0) is 6.54 Å². The fourth-order valence-corrected chi connectivity index (χ4v) is 1.16. The molecule has 2 rings (SSSR count). The molecule has 0 atom stereocenters. The molecule has 0 aliphatic rings. The average molecular weight is 187 g/mol. The third-order valence-corrected chi connectivity index (χ3v) is 1.85. The van der Waals surface area contributed by atoms with E-state index in [2.05, 4.69) is 9.97 Å². The monoisotopic (exact) mass is 187 g/mol. The van der Waals surface area contributed by atoms with Crippen molar-refractivity contribution in [2.45, 2.75) is 6.54 Å². The second-order valence-electron chi connectivity index (χ2n) is 2.87. The van der Waals surface area contributed by atoms with Crippen LogP contribution in [0.5, 0.6) is 0 Å². The number of hydrogen-bond acceptors (Lipinski definition) is 3. The molecule has 4 heteroatoms. The van der Waals surface area contributed by atoms with Gasteiger partial charge in [-0.15, -0.1) is 0 Å². The van der Waals surface area contributed by atoms with E-state index in [0.29, 0.717) is 6.54 Å². The van der Waals surface area contributed by atoms with Gasteiger partial charge >= 0.3 is 0 Å². The Kier molecular flexibility index (Phi) is 2.36. The van der Waals surface area contributed by atoms with Crippen molar-refractivity contribution in [1.29, 1.82) is 0 Å². The molecule has 0 spiro atoms. The van der Waals surface area contributed by atoms with Crippen LogP contribution in [0.25, 0.3) is 0 Å². The maximum absolute atomic E-state index is 11.3. The summed E-state index contributed by atoms with van der Waals surface area (Å²) in [5.41, 5.74) is 0.785. The third-order valence-electron chi connectivity index (χ3n) is 1.85. The summed E-state index contributed by atoms with van der Waals surface area (Å²) in [6.07, 6.45) is 4.70. The highest BCUT2D eigenvalue weighted by Gasteiger charge is 1.96. The Morgan fingerprint density at radius 2 is 2.14 bits per heavy atom. The van der Waals surface area contributed by atoms with Crippen molar-refractivity contribution in [3.63, 3.8) is 0 Å². The zero-order valence-electron chi connectivity index (χ0n) is 7.50. The van der Waals surface area contributed by atoms with Gasteiger partial charge in [-0.2, -0.15) is 0 Å². The van der Waals surface area contributed by atoms with Crippen LogP contribution in [0.2, 0.25) is 0 Å². The quantitative estimate of drug-likeness (QED) is 0.694. The molecule has 0 radical (unpaired) electrons. The lowest BCUT2D eigenvalue weighted by atomic mass is 10.3. The Morgan fingerprint density at radius 1 is 1.21 bits per heavy atom. The molecule has 2 heterocycles. The van der Waals surface area contributed by atoms with Crippen molar-refractivity contribution in [2.24, 2.45) is 0 Å². The van der Waals surface area contributed by atoms with Crippen LogP contribution in [0.4, 0.5) is 0 Å². The summed E-state index contributed by atoms with van der Waals surface area (Å²) >= 11 is 0. The van der Waals surface area contributed by atoms with Gasteiger partial charge in [0, 0.05) is 18.5 Å². The molecule has 0 aliphatic carbocycles. The van der Waals surface area contributed by atoms with Crippen molar-refractivity contribution in [2.75, 3.05) is 0 Å². The molecule has 0 unspecified atom stereocenters. The highest BCUT2D eigenvalue weighted by molar-refractivity contribution is 5.04. The van der Waals surface area contributed by atoms with Gasteiger partial charge in [-0.05, 0) is 12.1 Å². The molecule has 0 aromatic carbocycles. The van der Waals surface area contributed by atoms with Gasteiger partial charge in [-0.1, -0.05) is 6.07 Å². The molecule has 0 saturated carbocycles. The third kappa shape index (κ3) is 1.85. The van der Waals surface area contributed by atoms with E-state index < -0.39 is 0 Å². The molecule has 14 heavy (non-hydrogen) atoms. The number of nitrogens with zero attached hydrogens (tertiary/aromatic N) is 3. The van der Waals surface area contributed by atoms with Gasteiger partial charge in [0.15, 0.2) is 0 Å². The second-order valence-corrected chi connectivity index (χ2v) is 2.87. The lowest BCUT2D eigenvalue weighted by molar-refractivity contribution is 0.719. The molecule has 0 fully saturated rings. The Bertz CT molecular complexity index is 464. The summed E-state index contributed by atoms with van der Waals surface area (Å²) < 4.78 is 1.52. The predicted octanol–water partition coefficient (Wildman–Crippen LogP) is 0.687. The van der Waals surface area contributed by atoms with Gasteiger partial charge in [0.1, 0.15) is 0 Å². The first-order valence-electron chi connectivity index (χ1n) is 4.26. The van der Waals surface area contributed by atoms with Crippen LogP contribution >= 0.6 is 0 Å². The minimum atomic E-state index is -0.0642. The summed E-state index contributed by atoms with van der Waals surface area (Å²) in [6, 6.07) is 7.04. The molecular weight excluding hydrogens is 178 g/mol. The van der Waals surface area contributed by atoms with Gasteiger partial charge in [0.25, 0.3) is 5.56 Å². The van der Waals surface area contributed by atoms with Crippen LogP contribution in [0.15, 0.2) is 47.8 Å². The minimum absolute atomic E-state index is 0.0642. The van der Waals surface area contributed by atoms with Crippen molar-refractivity contribution < 1.29 is 0 Å². The molecule has 2 aromatic heterocycles. The second kappa shape index (κ2) is 3.83. The number of pyridine rings is 1. The summed E-state index contributed by atoms with van der Waals surface area (Å²) in [5, 5.41) is 0. The van der Waals surface area contributed by atoms with Crippen molar-refractivity contribution in [1.82, 2.24) is 14.5 Å². The van der Waals surface area contributed by atoms with Gasteiger partial charge < -0.3 is 0 Å². The molecule has 2 aromatic rings. The lowest BCUT2D eigenvalue weighted by Crippen LogP contribution is -2.19. The van der Waals surface area contributed by atoms with Crippen molar-refractivity contribution in [3.8, 4) is 0 Å². The van der Waals surface area contributed by atoms with Crippen LogP contribution < -0.4 is 5.56 Å². The normalized spacial score (nSPS) is 10.0. The van der Waals surface area contributed by atoms with Crippen LogP contribution in [0, 0.1) is 0 Å². The van der Waals surface area contributed by atoms with E-state index in [-0.39, 0.29) is 5.56 Å². The van der Waals surface area contributed by atoms with Gasteiger partial charge in [-0.25, -0.2) is 4.98 Å². The summed E-state index contributed by atoms with van der Waals surface area (Å²) in [4.78, 5) is 19.3. The maximum atomic E-state index is 11.3. The molecule has 0 bridgehead atoms. The summed E-state index contributed by atoms with van der Waals surface area (Å²) in [7, 11) is 0. The van der Waals surface area contributed by atoms with E-state index in [1.807, 2.05) is 18.2 Å². The van der Waals surface area contributed by atoms with E-state index in [1.165, 1.54) is 23.2 Å². The largest absolute Gasteiger partial charge is 0.293 e. The Labute approximate surface area is 80.9 Å². The van der Waals surface area contributed by atoms with Crippen LogP contribution in [0.3, 0.4) is 0 Å². The van der Waals surface area contributed by atoms with E-state index in [1.54, 1.807) is 6.20 Å². The van der Waals surface area contributed by atoms with E-state index in [9.17, 15) is 4.79 Å². The molecule has 70 valence electrons. The van der Waals surface area contributed by atoms with Gasteiger partial charge in [0.05, 0.1) is 18.6 Å². The first-order valence-corrected chi connectivity index (χ1v) is 4.26. The molecular formula is C10H9N3O. The van der Waals surface area contributed by atoms with E-state index in [0.717, 1.165) is 5.69 Å². The first kappa shape index (κ1) is 8.62.